The lowest BCUT2D eigenvalue weighted by Gasteiger charge is -1.99. The maximum atomic E-state index is 4.91. The molecule has 0 unspecified atom stereocenters. The molecule has 0 aromatic heterocycles. The van der Waals surface area contributed by atoms with Gasteiger partial charge in [-0.3, -0.25) is 0 Å². The molecule has 1 nitrogen and oxygen atoms in total. The van der Waals surface area contributed by atoms with Gasteiger partial charge in [-0.2, -0.15) is 0 Å². The van der Waals surface area contributed by atoms with Crippen LogP contribution in [0.3, 0.4) is 0 Å². The van der Waals surface area contributed by atoms with Crippen LogP contribution in [0.5, 0.6) is 0 Å². The Bertz CT molecular complexity index is 158. The molecule has 0 saturated heterocycles. The van der Waals surface area contributed by atoms with Gasteiger partial charge in [-0.15, -0.1) is 6.42 Å². The van der Waals surface area contributed by atoms with Crippen LogP contribution in [0.1, 0.15) is 0 Å². The lowest BCUT2D eigenvalue weighted by molar-refractivity contribution is 0.645. The molecule has 8 heavy (non-hydrogen) atoms. The van der Waals surface area contributed by atoms with Gasteiger partial charge in [0.05, 0.1) is 0 Å². The summed E-state index contributed by atoms with van der Waals surface area (Å²) in [6, 6.07) is 4.41. The smallest absolute Gasteiger partial charge is 0.101 e. The van der Waals surface area contributed by atoms with E-state index in [1.54, 1.807) is 0 Å². The number of rotatable bonds is 1. The van der Waals surface area contributed by atoms with Crippen LogP contribution in [0.2, 0.25) is 0 Å². The van der Waals surface area contributed by atoms with E-state index in [1.165, 1.54) is 4.90 Å². The largest absolute Gasteiger partial charge is 0.249 e. The van der Waals surface area contributed by atoms with Crippen molar-refractivity contribution in [1.82, 2.24) is 4.90 Å². The molecule has 0 saturated carbocycles. The van der Waals surface area contributed by atoms with Gasteiger partial charge in [0, 0.05) is 12.1 Å². The molecule has 0 atom stereocenters. The van der Waals surface area contributed by atoms with Gasteiger partial charge in [0.1, 0.15) is 6.54 Å². The van der Waals surface area contributed by atoms with E-state index in [2.05, 4.69) is 18.0 Å². The molecule has 0 aromatic rings. The van der Waals surface area contributed by atoms with Gasteiger partial charge in [-0.05, 0) is 0 Å². The normalized spacial score (nSPS) is 5.62. The standard InChI is InChI=1S/C7H5N/c1-4-7-8(5-2)6-3/h1-3H,7H2. The Morgan fingerprint density at radius 3 is 1.75 bits per heavy atom. The second-order valence-corrected chi connectivity index (χ2v) is 1.05. The lowest BCUT2D eigenvalue weighted by atomic mass is 10.6. The van der Waals surface area contributed by atoms with Crippen molar-refractivity contribution < 1.29 is 0 Å². The molecule has 0 radical (unpaired) electrons. The third kappa shape index (κ3) is 1.81. The molecule has 0 rings (SSSR count). The summed E-state index contributed by atoms with van der Waals surface area (Å²) in [5, 5.41) is 0. The molecule has 0 fully saturated rings. The fourth-order valence-corrected chi connectivity index (χ4v) is 0.220. The van der Waals surface area contributed by atoms with Gasteiger partial charge in [0.25, 0.3) is 0 Å². The summed E-state index contributed by atoms with van der Waals surface area (Å²) in [5.74, 6) is 2.31. The van der Waals surface area contributed by atoms with Crippen molar-refractivity contribution in [3.8, 4) is 37.3 Å². The SMILES string of the molecule is C#CCN(C#C)C#C. The van der Waals surface area contributed by atoms with Crippen LogP contribution in [-0.4, -0.2) is 11.4 Å². The zero-order chi connectivity index (χ0) is 6.41. The Balaban J connectivity index is 3.68. The number of hydrogen-bond acceptors (Lipinski definition) is 1. The average molecular weight is 103 g/mol. The number of nitrogens with zero attached hydrogens (tertiary/aromatic N) is 1. The first kappa shape index (κ1) is 6.48. The fraction of sp³-hybridized carbons (Fsp3) is 0.143. The predicted molar refractivity (Wildman–Crippen MR) is 33.2 cm³/mol. The van der Waals surface area contributed by atoms with E-state index >= 15 is 0 Å². The number of terminal acetylenes is 3. The minimum absolute atomic E-state index is 0.312. The maximum Gasteiger partial charge on any atom is 0.101 e. The Morgan fingerprint density at radius 1 is 1.12 bits per heavy atom. The van der Waals surface area contributed by atoms with Crippen LogP contribution in [0.4, 0.5) is 0 Å². The molecule has 0 aliphatic heterocycles. The summed E-state index contributed by atoms with van der Waals surface area (Å²) >= 11 is 0. The van der Waals surface area contributed by atoms with E-state index in [9.17, 15) is 0 Å². The summed E-state index contributed by atoms with van der Waals surface area (Å²) in [6.45, 7) is 0.312. The summed E-state index contributed by atoms with van der Waals surface area (Å²) in [7, 11) is 0. The van der Waals surface area contributed by atoms with Crippen molar-refractivity contribution in [2.24, 2.45) is 0 Å². The Morgan fingerprint density at radius 2 is 1.62 bits per heavy atom. The third-order valence-corrected chi connectivity index (χ3v) is 0.561. The molecule has 0 aliphatic rings. The molecule has 38 valence electrons. The highest BCUT2D eigenvalue weighted by atomic mass is 15.1. The molecule has 0 aliphatic carbocycles. The minimum Gasteiger partial charge on any atom is -0.249 e. The van der Waals surface area contributed by atoms with E-state index < -0.39 is 0 Å². The van der Waals surface area contributed by atoms with Crippen molar-refractivity contribution in [2.45, 2.75) is 0 Å². The highest BCUT2D eigenvalue weighted by Crippen LogP contribution is 1.75. The highest BCUT2D eigenvalue weighted by Gasteiger charge is 1.84. The van der Waals surface area contributed by atoms with E-state index in [4.69, 9.17) is 19.3 Å². The molecular formula is C7H5N. The minimum atomic E-state index is 0.312. The van der Waals surface area contributed by atoms with Crippen LogP contribution < -0.4 is 0 Å². The zero-order valence-electron chi connectivity index (χ0n) is 4.39. The Labute approximate surface area is 49.7 Å². The third-order valence-electron chi connectivity index (χ3n) is 0.561. The second kappa shape index (κ2) is 3.66. The molecule has 0 aromatic carbocycles. The van der Waals surface area contributed by atoms with Crippen LogP contribution in [0.25, 0.3) is 0 Å². The molecule has 0 bridgehead atoms. The molecule has 1 heteroatoms. The van der Waals surface area contributed by atoms with Crippen LogP contribution in [0, 0.1) is 37.3 Å². The van der Waals surface area contributed by atoms with Gasteiger partial charge in [0.2, 0.25) is 0 Å². The molecule has 0 spiro atoms. The summed E-state index contributed by atoms with van der Waals surface area (Å²) in [4.78, 5) is 1.25. The van der Waals surface area contributed by atoms with Gasteiger partial charge in [0.15, 0.2) is 0 Å². The molecule has 0 amide bonds. The lowest BCUT2D eigenvalue weighted by Crippen LogP contribution is -2.09. The maximum absolute atomic E-state index is 4.91. The quantitative estimate of drug-likeness (QED) is 0.336. The first-order chi connectivity index (χ1) is 3.85. The van der Waals surface area contributed by atoms with E-state index in [0.717, 1.165) is 0 Å². The van der Waals surface area contributed by atoms with Crippen LogP contribution >= 0.6 is 0 Å². The van der Waals surface area contributed by atoms with Gasteiger partial charge >= 0.3 is 0 Å². The Kier molecular flexibility index (Phi) is 2.97. The molecule has 0 heterocycles. The zero-order valence-corrected chi connectivity index (χ0v) is 4.39. The fourth-order valence-electron chi connectivity index (χ4n) is 0.220. The number of hydrogen-bond donors (Lipinski definition) is 0. The van der Waals surface area contributed by atoms with Gasteiger partial charge in [-0.1, -0.05) is 18.8 Å². The predicted octanol–water partition coefficient (Wildman–Crippen LogP) is 0.103. The summed E-state index contributed by atoms with van der Waals surface area (Å²) in [5.41, 5.74) is 0. The van der Waals surface area contributed by atoms with Crippen LogP contribution in [-0.2, 0) is 0 Å². The average Bonchev–Trinajstić information content (AvgIpc) is 1.83. The van der Waals surface area contributed by atoms with Crippen molar-refractivity contribution in [3.63, 3.8) is 0 Å². The van der Waals surface area contributed by atoms with Crippen molar-refractivity contribution in [3.05, 3.63) is 0 Å². The highest BCUT2D eigenvalue weighted by molar-refractivity contribution is 5.05. The first-order valence-electron chi connectivity index (χ1n) is 1.98. The van der Waals surface area contributed by atoms with E-state index in [-0.39, 0.29) is 0 Å². The van der Waals surface area contributed by atoms with Gasteiger partial charge < -0.3 is 0 Å². The van der Waals surface area contributed by atoms with Crippen LogP contribution in [0.15, 0.2) is 0 Å². The van der Waals surface area contributed by atoms with E-state index in [0.29, 0.717) is 6.54 Å². The summed E-state index contributed by atoms with van der Waals surface area (Å²) < 4.78 is 0. The van der Waals surface area contributed by atoms with Gasteiger partial charge in [-0.25, -0.2) is 4.90 Å². The second-order valence-electron chi connectivity index (χ2n) is 1.05. The van der Waals surface area contributed by atoms with Crippen molar-refractivity contribution in [2.75, 3.05) is 6.54 Å². The van der Waals surface area contributed by atoms with E-state index in [1.807, 2.05) is 0 Å². The monoisotopic (exact) mass is 103 g/mol. The Hall–Kier alpha value is -1.52. The topological polar surface area (TPSA) is 3.24 Å². The van der Waals surface area contributed by atoms with Crippen molar-refractivity contribution in [1.29, 1.82) is 0 Å². The first-order valence-corrected chi connectivity index (χ1v) is 1.98. The van der Waals surface area contributed by atoms with Crippen molar-refractivity contribution >= 4 is 0 Å². The molecular weight excluding hydrogens is 98.1 g/mol. The summed E-state index contributed by atoms with van der Waals surface area (Å²) in [6.07, 6.45) is 14.7. The molecule has 0 N–H and O–H groups in total.